The predicted octanol–water partition coefficient (Wildman–Crippen LogP) is 3.15. The molecule has 4 aromatic rings. The molecule has 0 saturated heterocycles. The summed E-state index contributed by atoms with van der Waals surface area (Å²) >= 11 is 0. The highest BCUT2D eigenvalue weighted by atomic mass is 19.1. The first-order chi connectivity index (χ1) is 13.1. The Bertz CT molecular complexity index is 1260. The lowest BCUT2D eigenvalue weighted by Gasteiger charge is -2.07. The van der Waals surface area contributed by atoms with Gasteiger partial charge in [0, 0.05) is 41.2 Å². The number of nitrogens with zero attached hydrogens (tertiary/aromatic N) is 1. The monoisotopic (exact) mass is 358 g/mol. The van der Waals surface area contributed by atoms with Crippen LogP contribution >= 0.6 is 0 Å². The van der Waals surface area contributed by atoms with Crippen LogP contribution in [0.3, 0.4) is 0 Å². The number of rotatable bonds is 2. The van der Waals surface area contributed by atoms with E-state index in [9.17, 15) is 9.18 Å². The van der Waals surface area contributed by atoms with E-state index in [-0.39, 0.29) is 5.91 Å². The largest absolute Gasteiger partial charge is 0.359 e. The van der Waals surface area contributed by atoms with Gasteiger partial charge in [-0.1, -0.05) is 6.07 Å². The Balaban J connectivity index is 1.92. The highest BCUT2D eigenvalue weighted by molar-refractivity contribution is 6.07. The molecule has 0 spiro atoms. The fourth-order valence-corrected chi connectivity index (χ4v) is 3.22. The molecule has 0 saturated carbocycles. The highest BCUT2D eigenvalue weighted by Crippen LogP contribution is 2.31. The lowest BCUT2D eigenvalue weighted by molar-refractivity contribution is 0.0964. The SMILES string of the molecule is CNC(=O)c1cccc2nc(-c3c[nH]c4c(C#CN)cc(F)cc34)ccc12. The van der Waals surface area contributed by atoms with E-state index in [1.807, 2.05) is 18.2 Å². The van der Waals surface area contributed by atoms with Crippen LogP contribution in [0, 0.1) is 17.8 Å². The molecular weight excluding hydrogens is 343 g/mol. The maximum absolute atomic E-state index is 14.0. The Morgan fingerprint density at radius 2 is 2.07 bits per heavy atom. The molecule has 5 nitrogen and oxygen atoms in total. The Morgan fingerprint density at radius 1 is 1.22 bits per heavy atom. The Labute approximate surface area is 154 Å². The fourth-order valence-electron chi connectivity index (χ4n) is 3.22. The predicted molar refractivity (Wildman–Crippen MR) is 103 cm³/mol. The van der Waals surface area contributed by atoms with Crippen molar-refractivity contribution in [3.8, 4) is 23.2 Å². The second-order valence-corrected chi connectivity index (χ2v) is 6.00. The number of nitrogens with two attached hydrogens (primary N) is 1. The Kier molecular flexibility index (Phi) is 3.98. The van der Waals surface area contributed by atoms with Crippen molar-refractivity contribution in [2.45, 2.75) is 0 Å². The quantitative estimate of drug-likeness (QED) is 0.380. The van der Waals surface area contributed by atoms with Crippen LogP contribution in [0.15, 0.2) is 48.7 Å². The minimum Gasteiger partial charge on any atom is -0.359 e. The lowest BCUT2D eigenvalue weighted by Crippen LogP contribution is -2.18. The second-order valence-electron chi connectivity index (χ2n) is 6.00. The summed E-state index contributed by atoms with van der Waals surface area (Å²) < 4.78 is 14.0. The van der Waals surface area contributed by atoms with E-state index in [1.54, 1.807) is 25.4 Å². The van der Waals surface area contributed by atoms with Gasteiger partial charge in [0.2, 0.25) is 0 Å². The van der Waals surface area contributed by atoms with E-state index in [4.69, 9.17) is 5.73 Å². The van der Waals surface area contributed by atoms with Gasteiger partial charge >= 0.3 is 0 Å². The van der Waals surface area contributed by atoms with Crippen molar-refractivity contribution < 1.29 is 9.18 Å². The third kappa shape index (κ3) is 2.75. The van der Waals surface area contributed by atoms with Crippen molar-refractivity contribution in [2.75, 3.05) is 7.05 Å². The van der Waals surface area contributed by atoms with Gasteiger partial charge in [0.1, 0.15) is 5.82 Å². The average molecular weight is 358 g/mol. The summed E-state index contributed by atoms with van der Waals surface area (Å²) in [6, 6.07) is 14.1. The molecule has 0 aliphatic heterocycles. The third-order valence-electron chi connectivity index (χ3n) is 4.44. The van der Waals surface area contributed by atoms with E-state index in [0.29, 0.717) is 33.2 Å². The van der Waals surface area contributed by atoms with E-state index in [1.165, 1.54) is 12.1 Å². The number of carbonyl (C=O) groups is 1. The van der Waals surface area contributed by atoms with Gasteiger partial charge in [0.05, 0.1) is 22.3 Å². The Hall–Kier alpha value is -3.85. The van der Waals surface area contributed by atoms with E-state index < -0.39 is 5.82 Å². The zero-order chi connectivity index (χ0) is 19.0. The summed E-state index contributed by atoms with van der Waals surface area (Å²) in [5.74, 6) is 2.13. The number of aromatic amines is 1. The molecular formula is C21H15FN4O. The Morgan fingerprint density at radius 3 is 2.85 bits per heavy atom. The molecule has 2 aromatic carbocycles. The van der Waals surface area contributed by atoms with Crippen molar-refractivity contribution in [1.29, 1.82) is 0 Å². The number of hydrogen-bond donors (Lipinski definition) is 3. The lowest BCUT2D eigenvalue weighted by atomic mass is 10.0. The number of amides is 1. The van der Waals surface area contributed by atoms with Crippen molar-refractivity contribution in [2.24, 2.45) is 5.73 Å². The number of nitrogens with one attached hydrogen (secondary N) is 2. The van der Waals surface area contributed by atoms with Crippen LogP contribution in [0.4, 0.5) is 4.39 Å². The molecule has 0 aliphatic carbocycles. The molecule has 6 heteroatoms. The van der Waals surface area contributed by atoms with Crippen LogP contribution in [0.1, 0.15) is 15.9 Å². The molecule has 1 amide bonds. The van der Waals surface area contributed by atoms with Crippen LogP contribution in [-0.2, 0) is 0 Å². The van der Waals surface area contributed by atoms with Gasteiger partial charge in [-0.25, -0.2) is 9.37 Å². The number of hydrogen-bond acceptors (Lipinski definition) is 3. The van der Waals surface area contributed by atoms with Crippen LogP contribution < -0.4 is 11.1 Å². The number of aromatic nitrogens is 2. The molecule has 2 heterocycles. The molecule has 4 N–H and O–H groups in total. The third-order valence-corrected chi connectivity index (χ3v) is 4.44. The maximum atomic E-state index is 14.0. The van der Waals surface area contributed by atoms with Crippen molar-refractivity contribution >= 4 is 27.7 Å². The van der Waals surface area contributed by atoms with Gasteiger partial charge in [0.15, 0.2) is 0 Å². The van der Waals surface area contributed by atoms with Gasteiger partial charge in [-0.2, -0.15) is 0 Å². The van der Waals surface area contributed by atoms with Crippen molar-refractivity contribution in [1.82, 2.24) is 15.3 Å². The maximum Gasteiger partial charge on any atom is 0.251 e. The molecule has 0 bridgehead atoms. The number of fused-ring (bicyclic) bond motifs is 2. The molecule has 0 fully saturated rings. The van der Waals surface area contributed by atoms with Crippen LogP contribution in [0.2, 0.25) is 0 Å². The molecule has 0 aliphatic rings. The zero-order valence-corrected chi connectivity index (χ0v) is 14.4. The number of pyridine rings is 1. The first-order valence-electron chi connectivity index (χ1n) is 8.27. The summed E-state index contributed by atoms with van der Waals surface area (Å²) in [5.41, 5.74) is 9.13. The number of H-pyrrole nitrogens is 1. The minimum absolute atomic E-state index is 0.172. The minimum atomic E-state index is -0.399. The van der Waals surface area contributed by atoms with E-state index in [2.05, 4.69) is 27.2 Å². The number of halogens is 1. The molecule has 132 valence electrons. The van der Waals surface area contributed by atoms with Crippen molar-refractivity contribution in [3.63, 3.8) is 0 Å². The fraction of sp³-hybridized carbons (Fsp3) is 0.0476. The standard InChI is InChI=1S/C21H15FN4O/c1-24-21(27)15-3-2-4-18-14(15)5-6-19(26-18)17-11-25-20-12(7-8-23)9-13(22)10-16(17)20/h2-6,9-11,25H,23H2,1H3,(H,24,27). The van der Waals surface area contributed by atoms with E-state index >= 15 is 0 Å². The van der Waals surface area contributed by atoms with Gasteiger partial charge in [-0.15, -0.1) is 0 Å². The summed E-state index contributed by atoms with van der Waals surface area (Å²) in [6.07, 6.45) is 1.77. The zero-order valence-electron chi connectivity index (χ0n) is 14.4. The van der Waals surface area contributed by atoms with Gasteiger partial charge in [-0.05, 0) is 42.3 Å². The highest BCUT2D eigenvalue weighted by Gasteiger charge is 2.14. The first kappa shape index (κ1) is 16.6. The summed E-state index contributed by atoms with van der Waals surface area (Å²) in [4.78, 5) is 19.8. The van der Waals surface area contributed by atoms with E-state index in [0.717, 1.165) is 10.9 Å². The van der Waals surface area contributed by atoms with Crippen LogP contribution in [-0.4, -0.2) is 22.9 Å². The number of benzene rings is 2. The van der Waals surface area contributed by atoms with Crippen LogP contribution in [0.25, 0.3) is 33.1 Å². The summed E-state index contributed by atoms with van der Waals surface area (Å²) in [7, 11) is 1.59. The van der Waals surface area contributed by atoms with Crippen LogP contribution in [0.5, 0.6) is 0 Å². The van der Waals surface area contributed by atoms with Gasteiger partial charge in [-0.3, -0.25) is 4.79 Å². The van der Waals surface area contributed by atoms with Crippen molar-refractivity contribution in [3.05, 3.63) is 65.6 Å². The second kappa shape index (κ2) is 6.46. The molecule has 0 atom stereocenters. The topological polar surface area (TPSA) is 83.8 Å². The summed E-state index contributed by atoms with van der Waals surface area (Å²) in [5, 5.41) is 4.05. The average Bonchev–Trinajstić information content (AvgIpc) is 3.10. The molecule has 27 heavy (non-hydrogen) atoms. The summed E-state index contributed by atoms with van der Waals surface area (Å²) in [6.45, 7) is 0. The molecule has 4 rings (SSSR count). The first-order valence-corrected chi connectivity index (χ1v) is 8.27. The smallest absolute Gasteiger partial charge is 0.251 e. The number of carbonyl (C=O) groups excluding carboxylic acids is 1. The normalized spacial score (nSPS) is 10.6. The van der Waals surface area contributed by atoms with Gasteiger partial charge in [0.25, 0.3) is 5.91 Å². The molecule has 2 aromatic heterocycles. The molecule has 0 radical (unpaired) electrons. The van der Waals surface area contributed by atoms with Gasteiger partial charge < -0.3 is 16.0 Å². The molecule has 0 unspecified atom stereocenters.